The van der Waals surface area contributed by atoms with E-state index in [-0.39, 0.29) is 6.61 Å². The molecule has 1 aromatic carbocycles. The van der Waals surface area contributed by atoms with Gasteiger partial charge in [-0.1, -0.05) is 5.16 Å². The van der Waals surface area contributed by atoms with Crippen molar-refractivity contribution in [2.45, 2.75) is 19.6 Å². The Kier molecular flexibility index (Phi) is 3.78. The number of ether oxygens (including phenoxy) is 2. The van der Waals surface area contributed by atoms with Crippen LogP contribution in [0.25, 0.3) is 0 Å². The quantitative estimate of drug-likeness (QED) is 0.870. The van der Waals surface area contributed by atoms with Crippen LogP contribution < -0.4 is 9.47 Å². The number of aliphatic hydroxyl groups is 1. The molecule has 6 nitrogen and oxygen atoms in total. The number of hydrogen-bond donors (Lipinski definition) is 1. The Labute approximate surface area is 104 Å². The molecule has 6 heteroatoms. The highest BCUT2D eigenvalue weighted by Gasteiger charge is 2.11. The van der Waals surface area contributed by atoms with E-state index in [4.69, 9.17) is 9.47 Å². The summed E-state index contributed by atoms with van der Waals surface area (Å²) in [6.07, 6.45) is 0.607. The van der Waals surface area contributed by atoms with Crippen molar-refractivity contribution in [2.24, 2.45) is 0 Å². The predicted molar refractivity (Wildman–Crippen MR) is 62.3 cm³/mol. The number of nitrogens with zero attached hydrogens (tertiary/aromatic N) is 2. The Hall–Kier alpha value is -2.08. The Morgan fingerprint density at radius 1 is 1.44 bits per heavy atom. The van der Waals surface area contributed by atoms with Crippen LogP contribution in [0.1, 0.15) is 24.4 Å². The highest BCUT2D eigenvalue weighted by molar-refractivity contribution is 5.41. The predicted octanol–water partition coefficient (Wildman–Crippen LogP) is 1.71. The monoisotopic (exact) mass is 250 g/mol. The second-order valence-corrected chi connectivity index (χ2v) is 3.72. The summed E-state index contributed by atoms with van der Waals surface area (Å²) < 4.78 is 15.3. The summed E-state index contributed by atoms with van der Waals surface area (Å²) in [5.74, 6) is 1.63. The molecule has 2 aromatic rings. The normalized spacial score (nSPS) is 12.2. The van der Waals surface area contributed by atoms with Crippen molar-refractivity contribution in [2.75, 3.05) is 7.11 Å². The molecule has 1 heterocycles. The highest BCUT2D eigenvalue weighted by Crippen LogP contribution is 2.29. The first-order chi connectivity index (χ1) is 8.70. The molecule has 0 saturated heterocycles. The van der Waals surface area contributed by atoms with Gasteiger partial charge in [0.1, 0.15) is 11.5 Å². The molecule has 1 aromatic heterocycles. The summed E-state index contributed by atoms with van der Waals surface area (Å²) in [7, 11) is 1.57. The Morgan fingerprint density at radius 3 is 2.89 bits per heavy atom. The van der Waals surface area contributed by atoms with Crippen LogP contribution in [0.2, 0.25) is 0 Å². The van der Waals surface area contributed by atoms with Crippen molar-refractivity contribution in [3.05, 3.63) is 36.0 Å². The van der Waals surface area contributed by atoms with E-state index >= 15 is 0 Å². The van der Waals surface area contributed by atoms with Gasteiger partial charge in [0, 0.05) is 11.6 Å². The molecule has 96 valence electrons. The lowest BCUT2D eigenvalue weighted by Gasteiger charge is -2.13. The molecule has 0 aliphatic carbocycles. The third-order valence-corrected chi connectivity index (χ3v) is 2.43. The van der Waals surface area contributed by atoms with E-state index in [1.165, 1.54) is 6.39 Å². The van der Waals surface area contributed by atoms with E-state index in [1.807, 2.05) is 0 Å². The largest absolute Gasteiger partial charge is 0.497 e. The third-order valence-electron chi connectivity index (χ3n) is 2.43. The van der Waals surface area contributed by atoms with Gasteiger partial charge in [-0.05, 0) is 19.1 Å². The van der Waals surface area contributed by atoms with Crippen LogP contribution in [0.15, 0.2) is 29.1 Å². The van der Waals surface area contributed by atoms with Crippen LogP contribution in [-0.2, 0) is 6.61 Å². The Bertz CT molecular complexity index is 497. The summed E-state index contributed by atoms with van der Waals surface area (Å²) in [4.78, 5) is 3.85. The van der Waals surface area contributed by atoms with Gasteiger partial charge in [-0.3, -0.25) is 0 Å². The van der Waals surface area contributed by atoms with Crippen molar-refractivity contribution in [1.82, 2.24) is 10.1 Å². The van der Waals surface area contributed by atoms with Gasteiger partial charge in [0.2, 0.25) is 12.2 Å². The van der Waals surface area contributed by atoms with Crippen molar-refractivity contribution in [3.8, 4) is 11.5 Å². The van der Waals surface area contributed by atoms with E-state index in [2.05, 4.69) is 14.7 Å². The molecule has 2 rings (SSSR count). The fourth-order valence-electron chi connectivity index (χ4n) is 1.51. The average molecular weight is 250 g/mol. The molecule has 0 fully saturated rings. The van der Waals surface area contributed by atoms with E-state index < -0.39 is 6.10 Å². The zero-order chi connectivity index (χ0) is 13.0. The summed E-state index contributed by atoms with van der Waals surface area (Å²) in [6, 6.07) is 5.24. The Morgan fingerprint density at radius 2 is 2.28 bits per heavy atom. The van der Waals surface area contributed by atoms with Crippen LogP contribution in [0.5, 0.6) is 11.5 Å². The van der Waals surface area contributed by atoms with Crippen molar-refractivity contribution in [1.29, 1.82) is 0 Å². The molecule has 1 atom stereocenters. The minimum absolute atomic E-state index is 0.170. The fraction of sp³-hybridized carbons (Fsp3) is 0.333. The third kappa shape index (κ3) is 2.78. The lowest BCUT2D eigenvalue weighted by molar-refractivity contribution is 0.189. The molecule has 0 unspecified atom stereocenters. The molecule has 1 N–H and O–H groups in total. The lowest BCUT2D eigenvalue weighted by atomic mass is 10.1. The molecule has 18 heavy (non-hydrogen) atoms. The molecule has 0 aliphatic heterocycles. The smallest absolute Gasteiger partial charge is 0.213 e. The molecule has 0 radical (unpaired) electrons. The zero-order valence-corrected chi connectivity index (χ0v) is 10.2. The van der Waals surface area contributed by atoms with Gasteiger partial charge in [0.15, 0.2) is 6.61 Å². The van der Waals surface area contributed by atoms with Gasteiger partial charge in [-0.15, -0.1) is 0 Å². The van der Waals surface area contributed by atoms with E-state index in [0.717, 1.165) is 0 Å². The van der Waals surface area contributed by atoms with Crippen molar-refractivity contribution >= 4 is 0 Å². The van der Waals surface area contributed by atoms with Gasteiger partial charge in [-0.25, -0.2) is 0 Å². The average Bonchev–Trinajstić information content (AvgIpc) is 2.88. The highest BCUT2D eigenvalue weighted by atomic mass is 16.5. The molecular formula is C12H14N2O4. The van der Waals surface area contributed by atoms with Crippen molar-refractivity contribution in [3.63, 3.8) is 0 Å². The van der Waals surface area contributed by atoms with Crippen LogP contribution in [0.3, 0.4) is 0 Å². The summed E-state index contributed by atoms with van der Waals surface area (Å²) >= 11 is 0. The zero-order valence-electron chi connectivity index (χ0n) is 10.2. The molecule has 0 amide bonds. The SMILES string of the molecule is COc1ccc([C@H](C)O)c(OCc2ncon2)c1. The fourth-order valence-corrected chi connectivity index (χ4v) is 1.51. The minimum Gasteiger partial charge on any atom is -0.497 e. The maximum absolute atomic E-state index is 9.65. The number of aliphatic hydroxyl groups excluding tert-OH is 1. The molecular weight excluding hydrogens is 236 g/mol. The standard InChI is InChI=1S/C12H14N2O4/c1-8(15)10-4-3-9(16-2)5-11(10)17-6-12-13-7-18-14-12/h3-5,7-8,15H,6H2,1-2H3/t8-/m0/s1. The maximum atomic E-state index is 9.65. The van der Waals surface area contributed by atoms with Crippen molar-refractivity contribution < 1.29 is 19.1 Å². The van der Waals surface area contributed by atoms with Gasteiger partial charge in [0.25, 0.3) is 0 Å². The summed E-state index contributed by atoms with van der Waals surface area (Å²) in [6.45, 7) is 1.84. The molecule has 0 bridgehead atoms. The number of methoxy groups -OCH3 is 1. The number of hydrogen-bond acceptors (Lipinski definition) is 6. The summed E-state index contributed by atoms with van der Waals surface area (Å²) in [5, 5.41) is 13.3. The van der Waals surface area contributed by atoms with E-state index in [1.54, 1.807) is 32.2 Å². The maximum Gasteiger partial charge on any atom is 0.213 e. The van der Waals surface area contributed by atoms with Crippen LogP contribution in [-0.4, -0.2) is 22.4 Å². The van der Waals surface area contributed by atoms with Gasteiger partial charge in [0.05, 0.1) is 13.2 Å². The van der Waals surface area contributed by atoms with Crippen LogP contribution >= 0.6 is 0 Å². The van der Waals surface area contributed by atoms with Crippen LogP contribution in [0.4, 0.5) is 0 Å². The van der Waals surface area contributed by atoms with E-state index in [9.17, 15) is 5.11 Å². The van der Waals surface area contributed by atoms with Gasteiger partial charge >= 0.3 is 0 Å². The number of rotatable bonds is 5. The van der Waals surface area contributed by atoms with Gasteiger partial charge < -0.3 is 19.1 Å². The molecule has 0 spiro atoms. The minimum atomic E-state index is -0.629. The summed E-state index contributed by atoms with van der Waals surface area (Å²) in [5.41, 5.74) is 0.680. The Balaban J connectivity index is 2.18. The molecule has 0 aliphatic rings. The molecule has 0 saturated carbocycles. The second-order valence-electron chi connectivity index (χ2n) is 3.72. The number of aromatic nitrogens is 2. The van der Waals surface area contributed by atoms with Crippen LogP contribution in [0, 0.1) is 0 Å². The van der Waals surface area contributed by atoms with E-state index in [0.29, 0.717) is 22.9 Å². The lowest BCUT2D eigenvalue weighted by Crippen LogP contribution is -2.02. The topological polar surface area (TPSA) is 77.6 Å². The second kappa shape index (κ2) is 5.50. The first-order valence-corrected chi connectivity index (χ1v) is 5.44. The number of benzene rings is 1. The first-order valence-electron chi connectivity index (χ1n) is 5.44. The van der Waals surface area contributed by atoms with Gasteiger partial charge in [-0.2, -0.15) is 4.98 Å². The first kappa shape index (κ1) is 12.4.